The zero-order valence-corrected chi connectivity index (χ0v) is 16.9. The van der Waals surface area contributed by atoms with Crippen molar-refractivity contribution < 1.29 is 9.21 Å². The Labute approximate surface area is 168 Å². The Morgan fingerprint density at radius 2 is 1.78 bits per heavy atom. The van der Waals surface area contributed by atoms with Gasteiger partial charge < -0.3 is 9.73 Å². The highest BCUT2D eigenvalue weighted by Crippen LogP contribution is 2.23. The molecular formula is C22H23NO2S2. The highest BCUT2D eigenvalue weighted by Gasteiger charge is 2.05. The van der Waals surface area contributed by atoms with Gasteiger partial charge in [0.25, 0.3) is 5.91 Å². The van der Waals surface area contributed by atoms with E-state index in [4.69, 9.17) is 4.42 Å². The van der Waals surface area contributed by atoms with Crippen LogP contribution in [0.5, 0.6) is 0 Å². The summed E-state index contributed by atoms with van der Waals surface area (Å²) in [7, 11) is 0. The summed E-state index contributed by atoms with van der Waals surface area (Å²) >= 11 is 3.55. The maximum Gasteiger partial charge on any atom is 0.251 e. The van der Waals surface area contributed by atoms with Crippen LogP contribution >= 0.6 is 23.5 Å². The normalized spacial score (nSPS) is 10.7. The lowest BCUT2D eigenvalue weighted by atomic mass is 10.1. The van der Waals surface area contributed by atoms with Crippen molar-refractivity contribution in [3.05, 3.63) is 89.4 Å². The van der Waals surface area contributed by atoms with E-state index < -0.39 is 0 Å². The number of thioether (sulfide) groups is 2. The predicted molar refractivity (Wildman–Crippen MR) is 114 cm³/mol. The zero-order chi connectivity index (χ0) is 18.9. The van der Waals surface area contributed by atoms with Crippen molar-refractivity contribution in [2.24, 2.45) is 0 Å². The molecule has 1 N–H and O–H groups in total. The molecule has 0 saturated carbocycles. The minimum atomic E-state index is -0.0219. The Bertz CT molecular complexity index is 828. The number of furan rings is 1. The molecule has 3 nitrogen and oxygen atoms in total. The third kappa shape index (κ3) is 6.52. The minimum absolute atomic E-state index is 0.0219. The van der Waals surface area contributed by atoms with Crippen LogP contribution in [0.15, 0.2) is 76.2 Å². The first-order valence-corrected chi connectivity index (χ1v) is 11.0. The number of benzene rings is 2. The van der Waals surface area contributed by atoms with E-state index in [1.54, 1.807) is 29.8 Å². The maximum atomic E-state index is 12.2. The van der Waals surface area contributed by atoms with Crippen LogP contribution in [0.1, 0.15) is 27.2 Å². The van der Waals surface area contributed by atoms with Crippen LogP contribution in [-0.2, 0) is 11.5 Å². The van der Waals surface area contributed by atoms with Gasteiger partial charge in [0.15, 0.2) is 0 Å². The van der Waals surface area contributed by atoms with E-state index in [1.165, 1.54) is 16.0 Å². The summed E-state index contributed by atoms with van der Waals surface area (Å²) in [6.45, 7) is 2.74. The van der Waals surface area contributed by atoms with E-state index in [0.29, 0.717) is 12.1 Å². The second kappa shape index (κ2) is 10.3. The number of rotatable bonds is 9. The van der Waals surface area contributed by atoms with E-state index >= 15 is 0 Å². The van der Waals surface area contributed by atoms with Gasteiger partial charge in [0, 0.05) is 28.5 Å². The molecule has 140 valence electrons. The molecule has 1 aromatic heterocycles. The minimum Gasteiger partial charge on any atom is -0.468 e. The van der Waals surface area contributed by atoms with Gasteiger partial charge in [-0.1, -0.05) is 29.8 Å². The first-order valence-electron chi connectivity index (χ1n) is 8.87. The van der Waals surface area contributed by atoms with Crippen molar-refractivity contribution in [3.8, 4) is 0 Å². The summed E-state index contributed by atoms with van der Waals surface area (Å²) in [6.07, 6.45) is 1.68. The molecule has 0 saturated heterocycles. The Kier molecular flexibility index (Phi) is 7.48. The van der Waals surface area contributed by atoms with Gasteiger partial charge in [0.2, 0.25) is 0 Å². The number of hydrogen-bond acceptors (Lipinski definition) is 4. The van der Waals surface area contributed by atoms with Crippen molar-refractivity contribution in [2.75, 3.05) is 12.3 Å². The molecule has 2 aromatic carbocycles. The fourth-order valence-electron chi connectivity index (χ4n) is 2.46. The van der Waals surface area contributed by atoms with E-state index in [2.05, 4.69) is 36.5 Å². The summed E-state index contributed by atoms with van der Waals surface area (Å²) in [6, 6.07) is 20.3. The van der Waals surface area contributed by atoms with Gasteiger partial charge in [0.1, 0.15) is 5.76 Å². The van der Waals surface area contributed by atoms with Gasteiger partial charge >= 0.3 is 0 Å². The Morgan fingerprint density at radius 3 is 2.48 bits per heavy atom. The Hall–Kier alpha value is -2.11. The topological polar surface area (TPSA) is 42.2 Å². The smallest absolute Gasteiger partial charge is 0.251 e. The quantitative estimate of drug-likeness (QED) is 0.380. The van der Waals surface area contributed by atoms with Gasteiger partial charge in [-0.25, -0.2) is 0 Å². The van der Waals surface area contributed by atoms with Crippen LogP contribution in [0.3, 0.4) is 0 Å². The fraction of sp³-hybridized carbons (Fsp3) is 0.227. The van der Waals surface area contributed by atoms with Crippen molar-refractivity contribution in [2.45, 2.75) is 23.3 Å². The largest absolute Gasteiger partial charge is 0.468 e. The maximum absolute atomic E-state index is 12.2. The van der Waals surface area contributed by atoms with Gasteiger partial charge in [-0.3, -0.25) is 4.79 Å². The monoisotopic (exact) mass is 397 g/mol. The highest BCUT2D eigenvalue weighted by atomic mass is 32.2. The number of carbonyl (C=O) groups excluding carboxylic acids is 1. The first kappa shape index (κ1) is 19.6. The average Bonchev–Trinajstić information content (AvgIpc) is 3.21. The molecule has 1 heterocycles. The summed E-state index contributed by atoms with van der Waals surface area (Å²) in [5.74, 6) is 3.53. The second-order valence-electron chi connectivity index (χ2n) is 6.19. The second-order valence-corrected chi connectivity index (χ2v) is 8.34. The van der Waals surface area contributed by atoms with Gasteiger partial charge in [-0.05, 0) is 48.9 Å². The number of aryl methyl sites for hydroxylation is 1. The Balaban J connectivity index is 1.38. The molecule has 0 radical (unpaired) electrons. The highest BCUT2D eigenvalue weighted by molar-refractivity contribution is 7.98. The number of nitrogens with one attached hydrogen (secondary N) is 1. The van der Waals surface area contributed by atoms with Gasteiger partial charge in [-0.15, -0.1) is 11.8 Å². The molecular weight excluding hydrogens is 374 g/mol. The van der Waals surface area contributed by atoms with Crippen LogP contribution in [0.2, 0.25) is 0 Å². The third-order valence-corrected chi connectivity index (χ3v) is 6.06. The lowest BCUT2D eigenvalue weighted by Crippen LogP contribution is -2.25. The lowest BCUT2D eigenvalue weighted by Gasteiger charge is -2.07. The summed E-state index contributed by atoms with van der Waals surface area (Å²) in [4.78, 5) is 13.5. The van der Waals surface area contributed by atoms with E-state index in [9.17, 15) is 4.79 Å². The predicted octanol–water partition coefficient (Wildman–Crippen LogP) is 5.54. The van der Waals surface area contributed by atoms with Crippen molar-refractivity contribution in [3.63, 3.8) is 0 Å². The van der Waals surface area contributed by atoms with Crippen LogP contribution in [0.25, 0.3) is 0 Å². The molecule has 3 aromatic rings. The number of carbonyl (C=O) groups is 1. The average molecular weight is 398 g/mol. The van der Waals surface area contributed by atoms with Gasteiger partial charge in [-0.2, -0.15) is 11.8 Å². The van der Waals surface area contributed by atoms with Crippen LogP contribution in [0.4, 0.5) is 0 Å². The molecule has 27 heavy (non-hydrogen) atoms. The van der Waals surface area contributed by atoms with Crippen molar-refractivity contribution >= 4 is 29.4 Å². The molecule has 0 atom stereocenters. The molecule has 0 unspecified atom stereocenters. The van der Waals surface area contributed by atoms with Crippen LogP contribution in [-0.4, -0.2) is 18.2 Å². The lowest BCUT2D eigenvalue weighted by molar-refractivity contribution is 0.0956. The molecule has 0 bridgehead atoms. The molecule has 0 aliphatic carbocycles. The fourth-order valence-corrected chi connectivity index (χ4v) is 4.07. The van der Waals surface area contributed by atoms with Crippen LogP contribution in [0, 0.1) is 6.92 Å². The standard InChI is InChI=1S/C22H23NO2S2/c1-17-4-10-21(11-5-17)27-15-18-6-8-19(9-7-18)22(24)23-12-14-26-16-20-3-2-13-25-20/h2-11,13H,12,14-16H2,1H3,(H,23,24). The molecule has 0 aliphatic heterocycles. The molecule has 0 aliphatic rings. The van der Waals surface area contributed by atoms with Crippen molar-refractivity contribution in [1.29, 1.82) is 0 Å². The van der Waals surface area contributed by atoms with E-state index in [1.807, 2.05) is 36.4 Å². The molecule has 0 spiro atoms. The third-order valence-electron chi connectivity index (χ3n) is 4.00. The summed E-state index contributed by atoms with van der Waals surface area (Å²) in [5.41, 5.74) is 3.19. The summed E-state index contributed by atoms with van der Waals surface area (Å²) in [5, 5.41) is 2.97. The summed E-state index contributed by atoms with van der Waals surface area (Å²) < 4.78 is 5.29. The van der Waals surface area contributed by atoms with Crippen molar-refractivity contribution in [1.82, 2.24) is 5.32 Å². The zero-order valence-electron chi connectivity index (χ0n) is 15.3. The SMILES string of the molecule is Cc1ccc(SCc2ccc(C(=O)NCCSCc3ccco3)cc2)cc1. The number of hydrogen-bond donors (Lipinski definition) is 1. The molecule has 3 rings (SSSR count). The number of amides is 1. The van der Waals surface area contributed by atoms with E-state index in [0.717, 1.165) is 23.0 Å². The van der Waals surface area contributed by atoms with E-state index in [-0.39, 0.29) is 5.91 Å². The molecule has 0 fully saturated rings. The molecule has 5 heteroatoms. The molecule has 1 amide bonds. The Morgan fingerprint density at radius 1 is 1.00 bits per heavy atom. The first-order chi connectivity index (χ1) is 13.2. The van der Waals surface area contributed by atoms with Gasteiger partial charge in [0.05, 0.1) is 12.0 Å². The van der Waals surface area contributed by atoms with Crippen LogP contribution < -0.4 is 5.32 Å².